The van der Waals surface area contributed by atoms with Crippen LogP contribution in [0.15, 0.2) is 35.2 Å². The zero-order chi connectivity index (χ0) is 19.5. The zero-order valence-electron chi connectivity index (χ0n) is 14.9. The molecule has 0 aliphatic carbocycles. The summed E-state index contributed by atoms with van der Waals surface area (Å²) in [6.45, 7) is 4.05. The molecule has 2 N–H and O–H groups in total. The summed E-state index contributed by atoms with van der Waals surface area (Å²) in [6.07, 6.45) is 1.70. The van der Waals surface area contributed by atoms with Crippen LogP contribution < -0.4 is 4.74 Å². The van der Waals surface area contributed by atoms with Crippen molar-refractivity contribution in [3.05, 3.63) is 52.6 Å². The van der Waals surface area contributed by atoms with Crippen molar-refractivity contribution in [1.29, 1.82) is 0 Å². The van der Waals surface area contributed by atoms with Crippen LogP contribution in [0.3, 0.4) is 0 Å². The van der Waals surface area contributed by atoms with Crippen LogP contribution in [0.2, 0.25) is 0 Å². The molecule has 0 amide bonds. The number of rotatable bonds is 7. The maximum Gasteiger partial charge on any atom is 0.192 e. The van der Waals surface area contributed by atoms with Crippen LogP contribution in [0.4, 0.5) is 0 Å². The van der Waals surface area contributed by atoms with Crippen molar-refractivity contribution < 1.29 is 27.7 Å². The lowest BCUT2D eigenvalue weighted by atomic mass is 9.96. The van der Waals surface area contributed by atoms with Gasteiger partial charge in [-0.15, -0.1) is 0 Å². The predicted octanol–water partition coefficient (Wildman–Crippen LogP) is 2.85. The zero-order valence-corrected chi connectivity index (χ0v) is 16.8. The van der Waals surface area contributed by atoms with Crippen molar-refractivity contribution in [3.63, 3.8) is 0 Å². The topological polar surface area (TPSA) is 101 Å². The number of benzene rings is 2. The summed E-state index contributed by atoms with van der Waals surface area (Å²) in [5, 5.41) is 9.77. The van der Waals surface area contributed by atoms with E-state index in [1.165, 1.54) is 12.1 Å². The molecule has 0 aliphatic heterocycles. The molecule has 8 heteroatoms. The van der Waals surface area contributed by atoms with E-state index >= 15 is 0 Å². The number of aromatic hydroxyl groups is 1. The molecule has 1 unspecified atom stereocenters. The first-order valence-corrected chi connectivity index (χ1v) is 11.5. The molecule has 0 fully saturated rings. The minimum absolute atomic E-state index is 0.0792. The van der Waals surface area contributed by atoms with Gasteiger partial charge >= 0.3 is 0 Å². The minimum atomic E-state index is -3.51. The lowest BCUT2D eigenvalue weighted by molar-refractivity contribution is 0.337. The van der Waals surface area contributed by atoms with Gasteiger partial charge in [0.15, 0.2) is 17.9 Å². The Balaban J connectivity index is 2.26. The van der Waals surface area contributed by atoms with Crippen LogP contribution in [0.25, 0.3) is 0 Å². The van der Waals surface area contributed by atoms with Gasteiger partial charge in [-0.05, 0) is 66.8 Å². The normalized spacial score (nSPS) is 12.8. The van der Waals surface area contributed by atoms with Crippen molar-refractivity contribution in [2.45, 2.75) is 25.2 Å². The fourth-order valence-corrected chi connectivity index (χ4v) is 3.83. The van der Waals surface area contributed by atoms with Gasteiger partial charge in [0, 0.05) is 6.26 Å². The number of aryl methyl sites for hydroxylation is 2. The van der Waals surface area contributed by atoms with Crippen molar-refractivity contribution in [3.8, 4) is 11.5 Å². The van der Waals surface area contributed by atoms with E-state index in [2.05, 4.69) is 0 Å². The number of phenolic OH excluding ortho intramolecular Hbond substituents is 1. The molecular formula is C18H23O6PS. The molecule has 0 saturated heterocycles. The predicted molar refractivity (Wildman–Crippen MR) is 102 cm³/mol. The first kappa shape index (κ1) is 20.5. The van der Waals surface area contributed by atoms with Gasteiger partial charge in [-0.1, -0.05) is 6.07 Å². The maximum atomic E-state index is 11.8. The Labute approximate surface area is 154 Å². The molecule has 0 saturated carbocycles. The number of hydrogen-bond acceptors (Lipinski definition) is 5. The molecule has 0 heterocycles. The summed E-state index contributed by atoms with van der Waals surface area (Å²) in [5.41, 5.74) is 3.77. The average Bonchev–Trinajstić information content (AvgIpc) is 2.51. The highest BCUT2D eigenvalue weighted by Crippen LogP contribution is 2.28. The van der Waals surface area contributed by atoms with Crippen LogP contribution in [0, 0.1) is 13.8 Å². The number of sulfone groups is 1. The highest BCUT2D eigenvalue weighted by molar-refractivity contribution is 7.90. The summed E-state index contributed by atoms with van der Waals surface area (Å²) in [4.78, 5) is 8.77. The standard InChI is InChI=1S/C18H23O6PS/c1-12-8-15(24-6-7-25(20)21)9-13(2)16(12)10-14-4-5-17(19)18(11-14)26(3,22)23/h4-5,8-9,11,19,25H,6-7,10H2,1-3H3,(H,20,21). The van der Waals surface area contributed by atoms with Crippen LogP contribution in [0.5, 0.6) is 11.5 Å². The highest BCUT2D eigenvalue weighted by Gasteiger charge is 2.15. The molecule has 6 nitrogen and oxygen atoms in total. The van der Waals surface area contributed by atoms with E-state index in [9.17, 15) is 18.1 Å². The maximum absolute atomic E-state index is 11.8. The third-order valence-corrected chi connectivity index (χ3v) is 5.82. The Hall–Kier alpha value is -1.82. The van der Waals surface area contributed by atoms with Gasteiger partial charge < -0.3 is 14.7 Å². The van der Waals surface area contributed by atoms with Gasteiger partial charge in [0.25, 0.3) is 0 Å². The summed E-state index contributed by atoms with van der Waals surface area (Å²) < 4.78 is 39.8. The molecule has 0 aromatic heterocycles. The van der Waals surface area contributed by atoms with E-state index < -0.39 is 17.9 Å². The third kappa shape index (κ3) is 5.34. The quantitative estimate of drug-likeness (QED) is 0.696. The van der Waals surface area contributed by atoms with E-state index in [1.54, 1.807) is 6.07 Å². The lowest BCUT2D eigenvalue weighted by Gasteiger charge is -2.14. The van der Waals surface area contributed by atoms with Crippen LogP contribution in [-0.2, 0) is 20.8 Å². The summed E-state index contributed by atoms with van der Waals surface area (Å²) in [6, 6.07) is 8.30. The molecule has 26 heavy (non-hydrogen) atoms. The van der Waals surface area contributed by atoms with E-state index in [4.69, 9.17) is 9.63 Å². The monoisotopic (exact) mass is 398 g/mol. The van der Waals surface area contributed by atoms with Crippen LogP contribution >= 0.6 is 8.03 Å². The Bertz CT molecular complexity index is 914. The third-order valence-electron chi connectivity index (χ3n) is 4.06. The Morgan fingerprint density at radius 2 is 1.73 bits per heavy atom. The van der Waals surface area contributed by atoms with Crippen molar-refractivity contribution in [2.24, 2.45) is 0 Å². The Morgan fingerprint density at radius 3 is 2.27 bits per heavy atom. The van der Waals surface area contributed by atoms with Gasteiger partial charge in [0.2, 0.25) is 0 Å². The van der Waals surface area contributed by atoms with Crippen molar-refractivity contribution in [2.75, 3.05) is 19.0 Å². The van der Waals surface area contributed by atoms with Crippen molar-refractivity contribution >= 4 is 17.9 Å². The van der Waals surface area contributed by atoms with Gasteiger partial charge in [-0.25, -0.2) is 8.42 Å². The molecule has 2 aromatic carbocycles. The first-order valence-electron chi connectivity index (χ1n) is 8.04. The molecule has 1 atom stereocenters. The second kappa shape index (κ2) is 8.25. The molecule has 0 spiro atoms. The van der Waals surface area contributed by atoms with E-state index in [0.717, 1.165) is 28.5 Å². The molecule has 0 aliphatic rings. The summed E-state index contributed by atoms with van der Waals surface area (Å²) in [5.74, 6) is 0.381. The Morgan fingerprint density at radius 1 is 1.12 bits per heavy atom. The Kier molecular flexibility index (Phi) is 6.50. The molecule has 2 aromatic rings. The fraction of sp³-hybridized carbons (Fsp3) is 0.333. The number of phenols is 1. The van der Waals surface area contributed by atoms with Crippen LogP contribution in [-0.4, -0.2) is 37.4 Å². The van der Waals surface area contributed by atoms with Gasteiger partial charge in [0.05, 0.1) is 12.8 Å². The highest BCUT2D eigenvalue weighted by atomic mass is 32.2. The SMILES string of the molecule is Cc1cc(OCC[PH](=O)O)cc(C)c1Cc1ccc(O)c(S(C)(=O)=O)c1. The smallest absolute Gasteiger partial charge is 0.192 e. The second-order valence-electron chi connectivity index (χ2n) is 6.28. The van der Waals surface area contributed by atoms with Gasteiger partial charge in [-0.3, -0.25) is 4.57 Å². The number of ether oxygens (including phenoxy) is 1. The average molecular weight is 398 g/mol. The van der Waals surface area contributed by atoms with Crippen LogP contribution in [0.1, 0.15) is 22.3 Å². The molecule has 0 bridgehead atoms. The first-order chi connectivity index (χ1) is 12.1. The largest absolute Gasteiger partial charge is 0.507 e. The molecule has 142 valence electrons. The molecule has 2 rings (SSSR count). The lowest BCUT2D eigenvalue weighted by Crippen LogP contribution is -2.03. The minimum Gasteiger partial charge on any atom is -0.507 e. The van der Waals surface area contributed by atoms with Gasteiger partial charge in [-0.2, -0.15) is 0 Å². The van der Waals surface area contributed by atoms with E-state index in [0.29, 0.717) is 12.2 Å². The van der Waals surface area contributed by atoms with E-state index in [-0.39, 0.29) is 23.4 Å². The molecular weight excluding hydrogens is 375 g/mol. The second-order valence-corrected chi connectivity index (χ2v) is 9.55. The fourth-order valence-electron chi connectivity index (χ4n) is 2.74. The summed E-state index contributed by atoms with van der Waals surface area (Å²) in [7, 11) is -6.04. The summed E-state index contributed by atoms with van der Waals surface area (Å²) >= 11 is 0. The molecule has 0 radical (unpaired) electrons. The van der Waals surface area contributed by atoms with Gasteiger partial charge in [0.1, 0.15) is 16.4 Å². The number of hydrogen-bond donors (Lipinski definition) is 2. The van der Waals surface area contributed by atoms with Crippen molar-refractivity contribution in [1.82, 2.24) is 0 Å². The van der Waals surface area contributed by atoms with E-state index in [1.807, 2.05) is 26.0 Å².